The lowest BCUT2D eigenvalue weighted by molar-refractivity contribution is -0.150. The van der Waals surface area contributed by atoms with Crippen molar-refractivity contribution in [2.75, 3.05) is 13.1 Å². The van der Waals surface area contributed by atoms with Crippen LogP contribution in [0.25, 0.3) is 0 Å². The lowest BCUT2D eigenvalue weighted by Gasteiger charge is -2.30. The van der Waals surface area contributed by atoms with Crippen LogP contribution in [0.4, 0.5) is 0 Å². The average Bonchev–Trinajstić information content (AvgIpc) is 3.30. The SMILES string of the molecule is CCCNC(=O)[C@@H]1O[C@@H]1C(=O)N[C@H](C(=O)N1CCC[C@H]1C(=O)O)[C@@H](C)CC. The monoisotopic (exact) mass is 383 g/mol. The Morgan fingerprint density at radius 1 is 1.19 bits per heavy atom. The van der Waals surface area contributed by atoms with E-state index in [1.54, 1.807) is 0 Å². The molecule has 27 heavy (non-hydrogen) atoms. The van der Waals surface area contributed by atoms with E-state index in [1.807, 2.05) is 20.8 Å². The minimum Gasteiger partial charge on any atom is -0.480 e. The van der Waals surface area contributed by atoms with Crippen molar-refractivity contribution in [2.45, 2.75) is 70.7 Å². The molecule has 3 amide bonds. The maximum atomic E-state index is 12.9. The molecule has 0 spiro atoms. The van der Waals surface area contributed by atoms with Crippen molar-refractivity contribution >= 4 is 23.7 Å². The van der Waals surface area contributed by atoms with Crippen LogP contribution in [0.2, 0.25) is 0 Å². The number of hydrogen-bond acceptors (Lipinski definition) is 5. The fraction of sp³-hybridized carbons (Fsp3) is 0.778. The van der Waals surface area contributed by atoms with Crippen molar-refractivity contribution in [3.05, 3.63) is 0 Å². The number of aliphatic carboxylic acids is 1. The standard InChI is InChI=1S/C18H29N3O6/c1-4-8-19-15(22)13-14(27-13)16(23)20-12(10(3)5-2)17(24)21-9-6-7-11(21)18(25)26/h10-14H,4-9H2,1-3H3,(H,19,22)(H,20,23)(H,25,26)/t10-,11-,12-,13+,14-/m0/s1. The number of carbonyl (C=O) groups is 4. The van der Waals surface area contributed by atoms with Crippen molar-refractivity contribution in [2.24, 2.45) is 5.92 Å². The van der Waals surface area contributed by atoms with Crippen LogP contribution in [0.3, 0.4) is 0 Å². The molecule has 0 unspecified atom stereocenters. The first kappa shape index (κ1) is 21.1. The first-order valence-electron chi connectivity index (χ1n) is 9.58. The quantitative estimate of drug-likeness (QED) is 0.477. The third kappa shape index (κ3) is 4.97. The number of ether oxygens (including phenoxy) is 1. The van der Waals surface area contributed by atoms with Crippen LogP contribution in [-0.4, -0.2) is 71.1 Å². The van der Waals surface area contributed by atoms with Gasteiger partial charge in [-0.2, -0.15) is 0 Å². The van der Waals surface area contributed by atoms with E-state index >= 15 is 0 Å². The van der Waals surface area contributed by atoms with Gasteiger partial charge in [0.15, 0.2) is 12.2 Å². The Morgan fingerprint density at radius 2 is 1.85 bits per heavy atom. The topological polar surface area (TPSA) is 128 Å². The number of nitrogens with zero attached hydrogens (tertiary/aromatic N) is 1. The summed E-state index contributed by atoms with van der Waals surface area (Å²) in [6.45, 7) is 6.51. The summed E-state index contributed by atoms with van der Waals surface area (Å²) in [5.41, 5.74) is 0. The van der Waals surface area contributed by atoms with Crippen molar-refractivity contribution < 1.29 is 29.0 Å². The Balaban J connectivity index is 2.01. The third-order valence-corrected chi connectivity index (χ3v) is 5.16. The first-order valence-corrected chi connectivity index (χ1v) is 9.58. The zero-order chi connectivity index (χ0) is 20.1. The number of epoxide rings is 1. The lowest BCUT2D eigenvalue weighted by atomic mass is 9.97. The summed E-state index contributed by atoms with van der Waals surface area (Å²) in [6, 6.07) is -1.70. The molecule has 2 saturated heterocycles. The van der Waals surface area contributed by atoms with Gasteiger partial charge >= 0.3 is 5.97 Å². The molecule has 0 saturated carbocycles. The van der Waals surface area contributed by atoms with Crippen molar-refractivity contribution in [1.82, 2.24) is 15.5 Å². The van der Waals surface area contributed by atoms with Crippen LogP contribution in [0.15, 0.2) is 0 Å². The summed E-state index contributed by atoms with van der Waals surface area (Å²) in [5, 5.41) is 14.7. The predicted molar refractivity (Wildman–Crippen MR) is 95.7 cm³/mol. The van der Waals surface area contributed by atoms with E-state index in [0.29, 0.717) is 32.4 Å². The van der Waals surface area contributed by atoms with Gasteiger partial charge in [0.05, 0.1) is 0 Å². The zero-order valence-electron chi connectivity index (χ0n) is 16.1. The highest BCUT2D eigenvalue weighted by molar-refractivity contribution is 5.97. The molecule has 0 aromatic rings. The highest BCUT2D eigenvalue weighted by Crippen LogP contribution is 2.25. The summed E-state index contributed by atoms with van der Waals surface area (Å²) in [5.74, 6) is -2.46. The largest absolute Gasteiger partial charge is 0.480 e. The van der Waals surface area contributed by atoms with Gasteiger partial charge in [0.25, 0.3) is 11.8 Å². The van der Waals surface area contributed by atoms with Crippen LogP contribution < -0.4 is 10.6 Å². The molecule has 2 heterocycles. The van der Waals surface area contributed by atoms with Crippen molar-refractivity contribution in [1.29, 1.82) is 0 Å². The van der Waals surface area contributed by atoms with Gasteiger partial charge in [0.2, 0.25) is 5.91 Å². The summed E-state index contributed by atoms with van der Waals surface area (Å²) in [7, 11) is 0. The summed E-state index contributed by atoms with van der Waals surface area (Å²) in [4.78, 5) is 49.9. The van der Waals surface area contributed by atoms with E-state index in [2.05, 4.69) is 10.6 Å². The number of rotatable bonds is 9. The zero-order valence-corrected chi connectivity index (χ0v) is 16.1. The van der Waals surface area contributed by atoms with E-state index in [-0.39, 0.29) is 11.8 Å². The van der Waals surface area contributed by atoms with E-state index in [4.69, 9.17) is 4.74 Å². The van der Waals surface area contributed by atoms with Gasteiger partial charge in [0, 0.05) is 13.1 Å². The average molecular weight is 383 g/mol. The number of carbonyl (C=O) groups excluding carboxylic acids is 3. The van der Waals surface area contributed by atoms with E-state index in [9.17, 15) is 24.3 Å². The molecular formula is C18H29N3O6. The van der Waals surface area contributed by atoms with Crippen LogP contribution in [-0.2, 0) is 23.9 Å². The minimum atomic E-state index is -1.03. The smallest absolute Gasteiger partial charge is 0.326 e. The van der Waals surface area contributed by atoms with Gasteiger partial charge in [-0.1, -0.05) is 27.2 Å². The Morgan fingerprint density at radius 3 is 2.44 bits per heavy atom. The number of nitrogens with one attached hydrogen (secondary N) is 2. The van der Waals surface area contributed by atoms with Crippen molar-refractivity contribution in [3.8, 4) is 0 Å². The molecule has 0 aromatic carbocycles. The second-order valence-electron chi connectivity index (χ2n) is 7.17. The van der Waals surface area contributed by atoms with Gasteiger partial charge in [-0.3, -0.25) is 14.4 Å². The van der Waals surface area contributed by atoms with Gasteiger partial charge < -0.3 is 25.4 Å². The van der Waals surface area contributed by atoms with Crippen molar-refractivity contribution in [3.63, 3.8) is 0 Å². The fourth-order valence-electron chi connectivity index (χ4n) is 3.24. The molecule has 2 aliphatic heterocycles. The fourth-order valence-corrected chi connectivity index (χ4v) is 3.24. The molecule has 2 aliphatic rings. The summed E-state index contributed by atoms with van der Waals surface area (Å²) < 4.78 is 5.17. The molecule has 152 valence electrons. The lowest BCUT2D eigenvalue weighted by Crippen LogP contribution is -2.55. The highest BCUT2D eigenvalue weighted by atomic mass is 16.6. The maximum Gasteiger partial charge on any atom is 0.326 e. The van der Waals surface area contributed by atoms with E-state index < -0.39 is 42.1 Å². The highest BCUT2D eigenvalue weighted by Gasteiger charge is 2.51. The Hall–Kier alpha value is -2.16. The molecule has 0 aliphatic carbocycles. The number of hydrogen-bond donors (Lipinski definition) is 3. The number of carboxylic acids is 1. The first-order chi connectivity index (χ1) is 12.8. The van der Waals surface area contributed by atoms with E-state index in [0.717, 1.165) is 6.42 Å². The normalized spacial score (nSPS) is 26.2. The second-order valence-corrected chi connectivity index (χ2v) is 7.17. The maximum absolute atomic E-state index is 12.9. The third-order valence-electron chi connectivity index (χ3n) is 5.16. The van der Waals surface area contributed by atoms with Gasteiger partial charge in [0.1, 0.15) is 12.1 Å². The Labute approximate surface area is 158 Å². The Kier molecular flexibility index (Phi) is 7.18. The van der Waals surface area contributed by atoms with Crippen LogP contribution >= 0.6 is 0 Å². The minimum absolute atomic E-state index is 0.178. The van der Waals surface area contributed by atoms with Crippen LogP contribution in [0.5, 0.6) is 0 Å². The molecule has 0 aromatic heterocycles. The van der Waals surface area contributed by atoms with Gasteiger partial charge in [-0.25, -0.2) is 4.79 Å². The molecule has 5 atom stereocenters. The number of amides is 3. The molecule has 9 nitrogen and oxygen atoms in total. The van der Waals surface area contributed by atoms with Crippen LogP contribution in [0, 0.1) is 5.92 Å². The van der Waals surface area contributed by atoms with Gasteiger partial charge in [-0.05, 0) is 25.2 Å². The van der Waals surface area contributed by atoms with E-state index in [1.165, 1.54) is 4.90 Å². The van der Waals surface area contributed by atoms with Gasteiger partial charge in [-0.15, -0.1) is 0 Å². The molecule has 3 N–H and O–H groups in total. The molecule has 0 radical (unpaired) electrons. The predicted octanol–water partition coefficient (Wildman–Crippen LogP) is -0.113. The molecular weight excluding hydrogens is 354 g/mol. The molecule has 2 fully saturated rings. The molecule has 0 bridgehead atoms. The summed E-state index contributed by atoms with van der Waals surface area (Å²) in [6.07, 6.45) is 0.704. The molecule has 9 heteroatoms. The Bertz CT molecular complexity index is 596. The number of likely N-dealkylation sites (tertiary alicyclic amines) is 1. The van der Waals surface area contributed by atoms with Crippen LogP contribution in [0.1, 0.15) is 46.5 Å². The number of carboxylic acid groups (broad SMARTS) is 1. The summed E-state index contributed by atoms with van der Waals surface area (Å²) >= 11 is 0. The molecule has 2 rings (SSSR count). The second kappa shape index (κ2) is 9.16.